The molecule has 3 aromatic rings. The first kappa shape index (κ1) is 14.9. The van der Waals surface area contributed by atoms with E-state index in [0.29, 0.717) is 16.5 Å². The number of thioether (sulfide) groups is 1. The lowest BCUT2D eigenvalue weighted by Gasteiger charge is -2.04. The van der Waals surface area contributed by atoms with Crippen molar-refractivity contribution in [1.29, 1.82) is 0 Å². The molecular weight excluding hydrogens is 364 g/mol. The van der Waals surface area contributed by atoms with Gasteiger partial charge in [0.2, 0.25) is 5.16 Å². The molecule has 0 fully saturated rings. The van der Waals surface area contributed by atoms with Crippen molar-refractivity contribution in [2.75, 3.05) is 5.75 Å². The fourth-order valence-electron chi connectivity index (χ4n) is 1.85. The largest absolute Gasteiger partial charge is 0.293 e. The van der Waals surface area contributed by atoms with Gasteiger partial charge in [-0.15, -0.1) is 5.10 Å². The Hall–Kier alpha value is -1.99. The topological polar surface area (TPSA) is 60.7 Å². The van der Waals surface area contributed by atoms with Crippen LogP contribution in [0.4, 0.5) is 0 Å². The average Bonchev–Trinajstić information content (AvgIpc) is 3.02. The lowest BCUT2D eigenvalue weighted by atomic mass is 10.2. The number of carbonyl (C=O) groups excluding carboxylic acids is 1. The third kappa shape index (κ3) is 3.42. The van der Waals surface area contributed by atoms with Crippen LogP contribution in [0.15, 0.2) is 64.2 Å². The molecule has 1 aromatic heterocycles. The summed E-state index contributed by atoms with van der Waals surface area (Å²) < 4.78 is 2.60. The van der Waals surface area contributed by atoms with Crippen molar-refractivity contribution in [2.24, 2.45) is 0 Å². The van der Waals surface area contributed by atoms with Crippen LogP contribution in [0.2, 0.25) is 0 Å². The summed E-state index contributed by atoms with van der Waals surface area (Å²) in [4.78, 5) is 12.1. The monoisotopic (exact) mass is 374 g/mol. The molecule has 0 bridgehead atoms. The summed E-state index contributed by atoms with van der Waals surface area (Å²) in [6.45, 7) is 0. The number of carbonyl (C=O) groups is 1. The number of ketones is 1. The number of hydrogen-bond donors (Lipinski definition) is 0. The van der Waals surface area contributed by atoms with Gasteiger partial charge in [-0.3, -0.25) is 4.79 Å². The highest BCUT2D eigenvalue weighted by atomic mass is 79.9. The fourth-order valence-corrected chi connectivity index (χ4v) is 2.90. The third-order valence-electron chi connectivity index (χ3n) is 2.94. The molecule has 0 saturated heterocycles. The van der Waals surface area contributed by atoms with Crippen molar-refractivity contribution in [3.63, 3.8) is 0 Å². The third-order valence-corrected chi connectivity index (χ3v) is 4.39. The van der Waals surface area contributed by atoms with E-state index >= 15 is 0 Å². The first-order chi connectivity index (χ1) is 10.7. The van der Waals surface area contributed by atoms with Crippen LogP contribution in [0.25, 0.3) is 5.69 Å². The first-order valence-corrected chi connectivity index (χ1v) is 8.27. The van der Waals surface area contributed by atoms with Crippen molar-refractivity contribution in [3.8, 4) is 5.69 Å². The summed E-state index contributed by atoms with van der Waals surface area (Å²) in [5, 5.41) is 12.2. The summed E-state index contributed by atoms with van der Waals surface area (Å²) in [6, 6.07) is 16.8. The quantitative estimate of drug-likeness (QED) is 0.505. The number of hydrogen-bond acceptors (Lipinski definition) is 5. The van der Waals surface area contributed by atoms with E-state index in [1.807, 2.05) is 42.5 Å². The fraction of sp³-hybridized carbons (Fsp3) is 0.0667. The van der Waals surface area contributed by atoms with Gasteiger partial charge in [0.15, 0.2) is 5.78 Å². The molecule has 1 heterocycles. The zero-order valence-electron chi connectivity index (χ0n) is 11.4. The van der Waals surface area contributed by atoms with Gasteiger partial charge in [0.1, 0.15) is 0 Å². The Morgan fingerprint density at radius 2 is 1.82 bits per heavy atom. The second-order valence-corrected chi connectivity index (χ2v) is 6.29. The van der Waals surface area contributed by atoms with E-state index in [1.165, 1.54) is 11.8 Å². The predicted molar refractivity (Wildman–Crippen MR) is 88.4 cm³/mol. The molecule has 110 valence electrons. The number of Topliss-reactive ketones (excluding diaryl/α,β-unsaturated/α-hetero) is 1. The predicted octanol–water partition coefficient (Wildman–Crippen LogP) is 3.40. The van der Waals surface area contributed by atoms with E-state index in [9.17, 15) is 4.79 Å². The van der Waals surface area contributed by atoms with Crippen LogP contribution in [0.5, 0.6) is 0 Å². The Labute approximate surface area is 139 Å². The molecule has 0 aliphatic heterocycles. The van der Waals surface area contributed by atoms with Gasteiger partial charge < -0.3 is 0 Å². The highest BCUT2D eigenvalue weighted by Crippen LogP contribution is 2.20. The van der Waals surface area contributed by atoms with Crippen molar-refractivity contribution < 1.29 is 4.79 Å². The molecule has 0 spiro atoms. The zero-order valence-corrected chi connectivity index (χ0v) is 13.8. The van der Waals surface area contributed by atoms with Gasteiger partial charge in [0.25, 0.3) is 0 Å². The van der Waals surface area contributed by atoms with Crippen LogP contribution < -0.4 is 0 Å². The first-order valence-electron chi connectivity index (χ1n) is 6.49. The van der Waals surface area contributed by atoms with Gasteiger partial charge in [-0.2, -0.15) is 4.68 Å². The maximum Gasteiger partial charge on any atom is 0.214 e. The van der Waals surface area contributed by atoms with Crippen LogP contribution in [0, 0.1) is 0 Å². The van der Waals surface area contributed by atoms with Crippen molar-refractivity contribution in [2.45, 2.75) is 5.16 Å². The summed E-state index contributed by atoms with van der Waals surface area (Å²) in [5.74, 6) is 0.344. The number of aromatic nitrogens is 4. The molecule has 0 aliphatic rings. The molecule has 5 nitrogen and oxygen atoms in total. The van der Waals surface area contributed by atoms with E-state index < -0.39 is 0 Å². The summed E-state index contributed by atoms with van der Waals surface area (Å²) >= 11 is 4.71. The normalized spacial score (nSPS) is 10.6. The maximum absolute atomic E-state index is 12.1. The van der Waals surface area contributed by atoms with Crippen LogP contribution in [0.3, 0.4) is 0 Å². The summed E-state index contributed by atoms with van der Waals surface area (Å²) in [5.41, 5.74) is 1.54. The van der Waals surface area contributed by atoms with Crippen molar-refractivity contribution in [3.05, 3.63) is 64.6 Å². The number of nitrogens with zero attached hydrogens (tertiary/aromatic N) is 4. The van der Waals surface area contributed by atoms with Gasteiger partial charge in [0.05, 0.1) is 11.4 Å². The SMILES string of the molecule is O=C(CSc1nnnn1-c1ccc(Br)cc1)c1ccccc1. The molecule has 2 aromatic carbocycles. The molecule has 7 heteroatoms. The van der Waals surface area contributed by atoms with Crippen LogP contribution in [-0.4, -0.2) is 31.7 Å². The molecule has 0 N–H and O–H groups in total. The van der Waals surface area contributed by atoms with E-state index in [-0.39, 0.29) is 5.78 Å². The molecular formula is C15H11BrN4OS. The minimum absolute atomic E-state index is 0.0518. The Bertz CT molecular complexity index is 774. The maximum atomic E-state index is 12.1. The van der Waals surface area contributed by atoms with Crippen LogP contribution in [-0.2, 0) is 0 Å². The van der Waals surface area contributed by atoms with Crippen molar-refractivity contribution >= 4 is 33.5 Å². The van der Waals surface area contributed by atoms with E-state index in [0.717, 1.165) is 10.2 Å². The smallest absolute Gasteiger partial charge is 0.214 e. The lowest BCUT2D eigenvalue weighted by Crippen LogP contribution is -2.04. The molecule has 0 aliphatic carbocycles. The Balaban J connectivity index is 1.73. The highest BCUT2D eigenvalue weighted by Gasteiger charge is 2.12. The zero-order chi connectivity index (χ0) is 15.4. The minimum atomic E-state index is 0.0518. The summed E-state index contributed by atoms with van der Waals surface area (Å²) in [6.07, 6.45) is 0. The molecule has 0 saturated carbocycles. The number of halogens is 1. The molecule has 22 heavy (non-hydrogen) atoms. The van der Waals surface area contributed by atoms with Gasteiger partial charge in [-0.1, -0.05) is 58.0 Å². The molecule has 3 rings (SSSR count). The average molecular weight is 375 g/mol. The van der Waals surface area contributed by atoms with E-state index in [2.05, 4.69) is 31.5 Å². The van der Waals surface area contributed by atoms with Gasteiger partial charge >= 0.3 is 0 Å². The lowest BCUT2D eigenvalue weighted by molar-refractivity contribution is 0.102. The van der Waals surface area contributed by atoms with Crippen LogP contribution >= 0.6 is 27.7 Å². The van der Waals surface area contributed by atoms with E-state index in [4.69, 9.17) is 0 Å². The van der Waals surface area contributed by atoms with Gasteiger partial charge in [-0.25, -0.2) is 0 Å². The van der Waals surface area contributed by atoms with E-state index in [1.54, 1.807) is 16.8 Å². The number of tetrazole rings is 1. The van der Waals surface area contributed by atoms with Gasteiger partial charge in [-0.05, 0) is 34.7 Å². The standard InChI is InChI=1S/C15H11BrN4OS/c16-12-6-8-13(9-7-12)20-15(17-18-19-20)22-10-14(21)11-4-2-1-3-5-11/h1-9H,10H2. The number of benzene rings is 2. The molecule has 0 radical (unpaired) electrons. The Kier molecular flexibility index (Phi) is 4.65. The second-order valence-electron chi connectivity index (χ2n) is 4.43. The van der Waals surface area contributed by atoms with Crippen molar-refractivity contribution in [1.82, 2.24) is 20.2 Å². The molecule has 0 unspecified atom stereocenters. The summed E-state index contributed by atoms with van der Waals surface area (Å²) in [7, 11) is 0. The molecule has 0 amide bonds. The van der Waals surface area contributed by atoms with Crippen LogP contribution in [0.1, 0.15) is 10.4 Å². The number of rotatable bonds is 5. The molecule has 0 atom stereocenters. The van der Waals surface area contributed by atoms with Gasteiger partial charge in [0, 0.05) is 10.0 Å². The Morgan fingerprint density at radius 1 is 1.09 bits per heavy atom. The highest BCUT2D eigenvalue weighted by molar-refractivity contribution is 9.10. The second kappa shape index (κ2) is 6.85. The minimum Gasteiger partial charge on any atom is -0.293 e. The Morgan fingerprint density at radius 3 is 2.55 bits per heavy atom.